The Morgan fingerprint density at radius 1 is 0.301 bits per heavy atom. The molecule has 0 rings (SSSR count). The number of hydrogen-bond donors (Lipinski definition) is 0. The molecule has 0 heterocycles. The van der Waals surface area contributed by atoms with Gasteiger partial charge in [-0.15, -0.1) is 0 Å². The van der Waals surface area contributed by atoms with E-state index in [0.29, 0.717) is 19.3 Å². The van der Waals surface area contributed by atoms with E-state index in [1.807, 2.05) is 6.08 Å². The Bertz CT molecular complexity index is 1670. The fourth-order valence-corrected chi connectivity index (χ4v) is 7.30. The van der Waals surface area contributed by atoms with Crippen LogP contribution in [0.3, 0.4) is 0 Å². The van der Waals surface area contributed by atoms with Gasteiger partial charge < -0.3 is 14.2 Å². The van der Waals surface area contributed by atoms with Crippen molar-refractivity contribution >= 4 is 17.9 Å². The van der Waals surface area contributed by atoms with Gasteiger partial charge in [-0.1, -0.05) is 256 Å². The first kappa shape index (κ1) is 68.0. The van der Waals surface area contributed by atoms with Crippen LogP contribution in [-0.4, -0.2) is 37.2 Å². The predicted octanol–water partition coefficient (Wildman–Crippen LogP) is 19.8. The van der Waals surface area contributed by atoms with Gasteiger partial charge in [0.25, 0.3) is 0 Å². The van der Waals surface area contributed by atoms with Crippen LogP contribution in [0.1, 0.15) is 226 Å². The maximum absolute atomic E-state index is 12.7. The number of carbonyl (C=O) groups is 3. The highest BCUT2D eigenvalue weighted by Gasteiger charge is 2.19. The fourth-order valence-electron chi connectivity index (χ4n) is 7.30. The minimum atomic E-state index is -0.843. The van der Waals surface area contributed by atoms with Crippen LogP contribution in [0, 0.1) is 0 Å². The van der Waals surface area contributed by atoms with E-state index in [1.54, 1.807) is 6.08 Å². The molecule has 73 heavy (non-hydrogen) atoms. The van der Waals surface area contributed by atoms with Gasteiger partial charge in [0, 0.05) is 12.8 Å². The van der Waals surface area contributed by atoms with E-state index in [4.69, 9.17) is 14.2 Å². The third-order valence-corrected chi connectivity index (χ3v) is 11.6. The number of ether oxygens (including phenoxy) is 3. The van der Waals surface area contributed by atoms with Gasteiger partial charge in [-0.05, 0) is 109 Å². The number of esters is 3. The third-order valence-electron chi connectivity index (χ3n) is 11.6. The van der Waals surface area contributed by atoms with Crippen LogP contribution in [0.4, 0.5) is 0 Å². The summed E-state index contributed by atoms with van der Waals surface area (Å²) in [5, 5.41) is 0. The molecule has 6 nitrogen and oxygen atoms in total. The molecule has 0 N–H and O–H groups in total. The first-order chi connectivity index (χ1) is 36.0. The van der Waals surface area contributed by atoms with Crippen molar-refractivity contribution in [1.29, 1.82) is 0 Å². The highest BCUT2D eigenvalue weighted by molar-refractivity contribution is 5.72. The average molecular weight is 1010 g/mol. The lowest BCUT2D eigenvalue weighted by molar-refractivity contribution is -0.166. The Labute approximate surface area is 448 Å². The van der Waals surface area contributed by atoms with Gasteiger partial charge in [0.15, 0.2) is 6.10 Å². The standard InChI is InChI=1S/C67H104O6/c1-4-7-10-13-16-19-21-23-25-26-27-28-29-30-31-32-33-34-35-36-37-38-39-40-42-43-45-48-51-54-57-60-66(69)72-63-64(62-71-65(68)59-56-53-50-47-18-15-12-9-6-3)73-67(70)61-58-55-52-49-46-44-41-24-22-20-17-14-11-8-5-2/h7-8,10-11,16-17,19-20,23-25,27-28,30-31,33-34,36-37,39-41,46,49,55,58,64H,4-6,9,12-15,18,21-22,26,29,32,35,38,42-45,47-48,50-54,56-57,59-63H2,1-3H3/b10-7-,11-8-,19-16-,20-17-,25-23-,28-27-,31-30-,34-33-,37-36-,40-39-,41-24-,49-46-,58-55-. The first-order valence-corrected chi connectivity index (χ1v) is 29.0. The molecule has 0 aliphatic heterocycles. The van der Waals surface area contributed by atoms with Gasteiger partial charge in [0.2, 0.25) is 0 Å². The maximum atomic E-state index is 12.7. The van der Waals surface area contributed by atoms with Crippen molar-refractivity contribution in [2.24, 2.45) is 0 Å². The van der Waals surface area contributed by atoms with E-state index < -0.39 is 12.1 Å². The number of hydrogen-bond acceptors (Lipinski definition) is 6. The molecule has 0 aliphatic rings. The lowest BCUT2D eigenvalue weighted by Crippen LogP contribution is -2.30. The average Bonchev–Trinajstić information content (AvgIpc) is 3.39. The molecule has 0 bridgehead atoms. The van der Waals surface area contributed by atoms with E-state index in [9.17, 15) is 14.4 Å². The van der Waals surface area contributed by atoms with Gasteiger partial charge in [-0.3, -0.25) is 14.4 Å². The van der Waals surface area contributed by atoms with Gasteiger partial charge >= 0.3 is 17.9 Å². The molecule has 0 aromatic rings. The second-order valence-corrected chi connectivity index (χ2v) is 18.5. The zero-order valence-corrected chi connectivity index (χ0v) is 46.6. The van der Waals surface area contributed by atoms with Gasteiger partial charge in [0.05, 0.1) is 6.42 Å². The molecule has 0 fully saturated rings. The van der Waals surface area contributed by atoms with Crippen molar-refractivity contribution in [2.45, 2.75) is 232 Å². The van der Waals surface area contributed by atoms with Crippen molar-refractivity contribution in [3.8, 4) is 0 Å². The molecule has 0 radical (unpaired) electrons. The second kappa shape index (κ2) is 59.6. The monoisotopic (exact) mass is 1000 g/mol. The summed E-state index contributed by atoms with van der Waals surface area (Å²) in [5.74, 6) is -1.08. The number of allylic oxidation sites excluding steroid dienone is 25. The fraction of sp³-hybridized carbons (Fsp3) is 0.567. The predicted molar refractivity (Wildman–Crippen MR) is 315 cm³/mol. The van der Waals surface area contributed by atoms with Crippen molar-refractivity contribution < 1.29 is 28.6 Å². The Morgan fingerprint density at radius 3 is 0.904 bits per heavy atom. The van der Waals surface area contributed by atoms with E-state index in [-0.39, 0.29) is 31.6 Å². The van der Waals surface area contributed by atoms with Gasteiger partial charge in [-0.2, -0.15) is 0 Å². The topological polar surface area (TPSA) is 78.9 Å². The van der Waals surface area contributed by atoms with Crippen LogP contribution in [0.15, 0.2) is 158 Å². The molecule has 6 heteroatoms. The molecule has 1 atom stereocenters. The largest absolute Gasteiger partial charge is 0.462 e. The summed E-state index contributed by atoms with van der Waals surface area (Å²) in [6.45, 7) is 6.27. The van der Waals surface area contributed by atoms with Crippen LogP contribution in [-0.2, 0) is 28.6 Å². The Balaban J connectivity index is 4.34. The van der Waals surface area contributed by atoms with Crippen LogP contribution < -0.4 is 0 Å². The molecule has 0 saturated carbocycles. The smallest absolute Gasteiger partial charge is 0.310 e. The summed E-state index contributed by atoms with van der Waals surface area (Å²) in [5.41, 5.74) is 0. The van der Waals surface area contributed by atoms with Crippen molar-refractivity contribution in [2.75, 3.05) is 13.2 Å². The Kier molecular flexibility index (Phi) is 55.5. The van der Waals surface area contributed by atoms with E-state index in [2.05, 4.69) is 167 Å². The van der Waals surface area contributed by atoms with Gasteiger partial charge in [-0.25, -0.2) is 0 Å². The first-order valence-electron chi connectivity index (χ1n) is 29.0. The van der Waals surface area contributed by atoms with Gasteiger partial charge in [0.1, 0.15) is 13.2 Å². The lowest BCUT2D eigenvalue weighted by Gasteiger charge is -2.18. The summed E-state index contributed by atoms with van der Waals surface area (Å²) >= 11 is 0. The Hall–Kier alpha value is -4.97. The zero-order valence-electron chi connectivity index (χ0n) is 46.6. The van der Waals surface area contributed by atoms with E-state index in [0.717, 1.165) is 128 Å². The molecular weight excluding hydrogens is 901 g/mol. The summed E-state index contributed by atoms with van der Waals surface area (Å²) in [7, 11) is 0. The molecule has 0 aromatic heterocycles. The summed E-state index contributed by atoms with van der Waals surface area (Å²) in [6, 6.07) is 0. The van der Waals surface area contributed by atoms with Crippen LogP contribution in [0.2, 0.25) is 0 Å². The third kappa shape index (κ3) is 57.8. The molecule has 0 saturated heterocycles. The molecular formula is C67H104O6. The van der Waals surface area contributed by atoms with Crippen LogP contribution in [0.25, 0.3) is 0 Å². The lowest BCUT2D eigenvalue weighted by atomic mass is 10.1. The number of carbonyl (C=O) groups excluding carboxylic acids is 3. The summed E-state index contributed by atoms with van der Waals surface area (Å²) in [4.78, 5) is 37.9. The highest BCUT2D eigenvalue weighted by atomic mass is 16.6. The second-order valence-electron chi connectivity index (χ2n) is 18.5. The normalized spacial score (nSPS) is 13.3. The highest BCUT2D eigenvalue weighted by Crippen LogP contribution is 2.13. The minimum absolute atomic E-state index is 0.0876. The summed E-state index contributed by atoms with van der Waals surface area (Å²) < 4.78 is 16.7. The van der Waals surface area contributed by atoms with E-state index >= 15 is 0 Å². The molecule has 408 valence electrons. The number of unbranched alkanes of at least 4 members (excludes halogenated alkanes) is 14. The molecule has 0 aromatic carbocycles. The van der Waals surface area contributed by atoms with Crippen molar-refractivity contribution in [1.82, 2.24) is 0 Å². The van der Waals surface area contributed by atoms with Crippen LogP contribution in [0.5, 0.6) is 0 Å². The van der Waals surface area contributed by atoms with Crippen molar-refractivity contribution in [3.63, 3.8) is 0 Å². The quantitative estimate of drug-likeness (QED) is 0.0261. The molecule has 0 amide bonds. The molecule has 0 spiro atoms. The summed E-state index contributed by atoms with van der Waals surface area (Å²) in [6.07, 6.45) is 87.0. The van der Waals surface area contributed by atoms with Crippen LogP contribution >= 0.6 is 0 Å². The Morgan fingerprint density at radius 2 is 0.575 bits per heavy atom. The molecule has 0 aliphatic carbocycles. The minimum Gasteiger partial charge on any atom is -0.462 e. The zero-order chi connectivity index (χ0) is 52.9. The van der Waals surface area contributed by atoms with E-state index in [1.165, 1.54) is 51.4 Å². The maximum Gasteiger partial charge on any atom is 0.310 e. The molecule has 1 unspecified atom stereocenters. The number of rotatable bonds is 50. The van der Waals surface area contributed by atoms with Crippen molar-refractivity contribution in [3.05, 3.63) is 158 Å². The SMILES string of the molecule is CC/C=C\C/C=C\C/C=C\C/C=C\C/C=C\C/C=C\C/C=C\C/C=C\CCCCCCCCC(=O)OCC(COC(=O)CCCCCCCCCCC)OC(=O)C/C=C\C/C=C\C/C=C\C/C=C\C/C=C\CC.